The van der Waals surface area contributed by atoms with E-state index < -0.39 is 6.89 Å². The van der Waals surface area contributed by atoms with E-state index in [1.54, 1.807) is 5.29 Å². The SMILES string of the molecule is CCC(CC)C(C)=P(c1ccccc1)(c1ccccc1)c1ccccc1. The van der Waals surface area contributed by atoms with Crippen LogP contribution < -0.4 is 15.9 Å². The molecule has 134 valence electrons. The molecule has 0 saturated carbocycles. The molecule has 0 amide bonds. The van der Waals surface area contributed by atoms with Gasteiger partial charge >= 0.3 is 0 Å². The second-order valence-corrected chi connectivity index (χ2v) is 10.4. The molecule has 3 rings (SSSR count). The van der Waals surface area contributed by atoms with E-state index in [2.05, 4.69) is 112 Å². The van der Waals surface area contributed by atoms with Crippen LogP contribution in [0.2, 0.25) is 0 Å². The molecule has 0 heterocycles. The third-order valence-electron chi connectivity index (χ3n) is 5.54. The van der Waals surface area contributed by atoms with Crippen molar-refractivity contribution in [1.29, 1.82) is 0 Å². The lowest BCUT2D eigenvalue weighted by Gasteiger charge is -2.34. The van der Waals surface area contributed by atoms with Crippen LogP contribution in [0.25, 0.3) is 0 Å². The average molecular weight is 360 g/mol. The fourth-order valence-electron chi connectivity index (χ4n) is 4.17. The average Bonchev–Trinajstić information content (AvgIpc) is 2.72. The maximum atomic E-state index is 2.42. The number of rotatable bonds is 6. The van der Waals surface area contributed by atoms with Gasteiger partial charge in [-0.1, -0.05) is 110 Å². The fraction of sp³-hybridized carbons (Fsp3) is 0.240. The van der Waals surface area contributed by atoms with Gasteiger partial charge in [0.05, 0.1) is 0 Å². The first kappa shape index (κ1) is 18.7. The first-order valence-corrected chi connectivity index (χ1v) is 11.4. The summed E-state index contributed by atoms with van der Waals surface area (Å²) in [5.41, 5.74) is 0. The molecule has 0 spiro atoms. The van der Waals surface area contributed by atoms with Crippen molar-refractivity contribution in [2.45, 2.75) is 33.6 Å². The third-order valence-corrected chi connectivity index (χ3v) is 10.2. The molecule has 0 aliphatic rings. The predicted octanol–water partition coefficient (Wildman–Crippen LogP) is 5.61. The van der Waals surface area contributed by atoms with Crippen molar-refractivity contribution in [2.24, 2.45) is 5.92 Å². The zero-order valence-corrected chi connectivity index (χ0v) is 17.0. The summed E-state index contributed by atoms with van der Waals surface area (Å²) in [6.07, 6.45) is 2.38. The zero-order valence-electron chi connectivity index (χ0n) is 16.1. The zero-order chi connectivity index (χ0) is 18.4. The Labute approximate surface area is 158 Å². The van der Waals surface area contributed by atoms with E-state index in [9.17, 15) is 0 Å². The van der Waals surface area contributed by atoms with Crippen LogP contribution in [0.15, 0.2) is 91.0 Å². The molecule has 3 aromatic rings. The van der Waals surface area contributed by atoms with Crippen LogP contribution in [0.5, 0.6) is 0 Å². The Kier molecular flexibility index (Phi) is 6.17. The van der Waals surface area contributed by atoms with E-state index in [-0.39, 0.29) is 0 Å². The van der Waals surface area contributed by atoms with Crippen LogP contribution in [-0.4, -0.2) is 5.29 Å². The molecular weight excluding hydrogens is 331 g/mol. The van der Waals surface area contributed by atoms with E-state index in [0.717, 1.165) is 0 Å². The van der Waals surface area contributed by atoms with Gasteiger partial charge < -0.3 is 0 Å². The van der Waals surface area contributed by atoms with Gasteiger partial charge in [0.15, 0.2) is 0 Å². The van der Waals surface area contributed by atoms with E-state index in [0.29, 0.717) is 5.92 Å². The van der Waals surface area contributed by atoms with E-state index in [1.165, 1.54) is 28.8 Å². The topological polar surface area (TPSA) is 0 Å². The number of hydrogen-bond donors (Lipinski definition) is 0. The highest BCUT2D eigenvalue weighted by Crippen LogP contribution is 2.48. The fourth-order valence-corrected chi connectivity index (χ4v) is 9.05. The standard InChI is InChI=1S/C25H29P/c1-4-22(5-2)21(3)26(23-15-9-6-10-16-23,24-17-11-7-12-18-24)25-19-13-8-14-20-25/h6-20,22H,4-5H2,1-3H3. The van der Waals surface area contributed by atoms with Gasteiger partial charge in [0.2, 0.25) is 0 Å². The molecule has 0 atom stereocenters. The van der Waals surface area contributed by atoms with Gasteiger partial charge in [0.1, 0.15) is 0 Å². The van der Waals surface area contributed by atoms with Crippen LogP contribution >= 0.6 is 6.89 Å². The number of benzene rings is 3. The van der Waals surface area contributed by atoms with Gasteiger partial charge in [-0.05, 0) is 48.5 Å². The lowest BCUT2D eigenvalue weighted by Crippen LogP contribution is -2.32. The number of hydrogen-bond acceptors (Lipinski definition) is 0. The highest BCUT2D eigenvalue weighted by atomic mass is 31.2. The van der Waals surface area contributed by atoms with Crippen LogP contribution in [0, 0.1) is 5.92 Å². The minimum atomic E-state index is -1.82. The summed E-state index contributed by atoms with van der Waals surface area (Å²) in [6.45, 7) is 5.25. The molecule has 0 radical (unpaired) electrons. The molecule has 26 heavy (non-hydrogen) atoms. The van der Waals surface area contributed by atoms with Gasteiger partial charge in [-0.25, -0.2) is 0 Å². The normalized spacial score (nSPS) is 11.5. The van der Waals surface area contributed by atoms with Gasteiger partial charge in [-0.2, -0.15) is 0 Å². The van der Waals surface area contributed by atoms with Crippen molar-refractivity contribution < 1.29 is 0 Å². The van der Waals surface area contributed by atoms with Crippen LogP contribution in [0.1, 0.15) is 33.6 Å². The minimum absolute atomic E-state index is 0.629. The Bertz CT molecular complexity index is 756. The Morgan fingerprint density at radius 2 is 0.923 bits per heavy atom. The second-order valence-electron chi connectivity index (χ2n) is 6.83. The van der Waals surface area contributed by atoms with Crippen molar-refractivity contribution in [3.8, 4) is 0 Å². The quantitative estimate of drug-likeness (QED) is 0.501. The first-order valence-electron chi connectivity index (χ1n) is 9.65. The van der Waals surface area contributed by atoms with Crippen molar-refractivity contribution in [1.82, 2.24) is 0 Å². The van der Waals surface area contributed by atoms with Crippen LogP contribution in [-0.2, 0) is 0 Å². The molecule has 0 N–H and O–H groups in total. The maximum absolute atomic E-state index is 2.42. The van der Waals surface area contributed by atoms with Gasteiger partial charge in [0.25, 0.3) is 0 Å². The van der Waals surface area contributed by atoms with Crippen molar-refractivity contribution in [3.05, 3.63) is 91.0 Å². The summed E-state index contributed by atoms with van der Waals surface area (Å²) in [5.74, 6) is 0.629. The first-order chi connectivity index (χ1) is 12.7. The summed E-state index contributed by atoms with van der Waals surface area (Å²) in [5, 5.41) is 6.02. The smallest absolute Gasteiger partial charge is 0.0161 e. The van der Waals surface area contributed by atoms with Crippen LogP contribution in [0.3, 0.4) is 0 Å². The van der Waals surface area contributed by atoms with Crippen molar-refractivity contribution in [2.75, 3.05) is 0 Å². The van der Waals surface area contributed by atoms with E-state index in [1.807, 2.05) is 0 Å². The summed E-state index contributed by atoms with van der Waals surface area (Å²) >= 11 is 0. The molecule has 0 unspecified atom stereocenters. The molecule has 0 fully saturated rings. The van der Waals surface area contributed by atoms with Crippen molar-refractivity contribution in [3.63, 3.8) is 0 Å². The van der Waals surface area contributed by atoms with Gasteiger partial charge in [0, 0.05) is 0 Å². The van der Waals surface area contributed by atoms with Crippen LogP contribution in [0.4, 0.5) is 0 Å². The second kappa shape index (κ2) is 8.56. The molecule has 3 aromatic carbocycles. The summed E-state index contributed by atoms with van der Waals surface area (Å²) < 4.78 is 0. The Balaban J connectivity index is 2.50. The largest absolute Gasteiger partial charge is 0.0648 e. The summed E-state index contributed by atoms with van der Waals surface area (Å²) in [6, 6.07) is 33.5. The monoisotopic (exact) mass is 360 g/mol. The van der Waals surface area contributed by atoms with E-state index in [4.69, 9.17) is 0 Å². The Morgan fingerprint density at radius 1 is 0.615 bits per heavy atom. The molecule has 0 aliphatic heterocycles. The molecule has 0 nitrogen and oxygen atoms in total. The Morgan fingerprint density at radius 3 is 1.19 bits per heavy atom. The predicted molar refractivity (Wildman–Crippen MR) is 120 cm³/mol. The van der Waals surface area contributed by atoms with E-state index >= 15 is 0 Å². The molecule has 1 heteroatoms. The summed E-state index contributed by atoms with van der Waals surface area (Å²) in [4.78, 5) is 0. The molecular formula is C25H29P. The summed E-state index contributed by atoms with van der Waals surface area (Å²) in [7, 11) is 0. The maximum Gasteiger partial charge on any atom is -0.0161 e. The highest BCUT2D eigenvalue weighted by molar-refractivity contribution is 7.95. The Hall–Kier alpha value is -2.04. The minimum Gasteiger partial charge on any atom is -0.0648 e. The highest BCUT2D eigenvalue weighted by Gasteiger charge is 2.29. The van der Waals surface area contributed by atoms with Gasteiger partial charge in [-0.3, -0.25) is 0 Å². The lowest BCUT2D eigenvalue weighted by molar-refractivity contribution is 0.648. The lowest BCUT2D eigenvalue weighted by atomic mass is 10.0. The van der Waals surface area contributed by atoms with Gasteiger partial charge in [-0.15, -0.1) is 0 Å². The molecule has 0 saturated heterocycles. The van der Waals surface area contributed by atoms with Crippen molar-refractivity contribution >= 4 is 28.1 Å². The molecule has 0 bridgehead atoms. The molecule has 0 aliphatic carbocycles. The molecule has 0 aromatic heterocycles. The third kappa shape index (κ3) is 3.31.